The molecule has 0 saturated heterocycles. The van der Waals surface area contributed by atoms with Gasteiger partial charge in [0, 0.05) is 23.2 Å². The first kappa shape index (κ1) is 15.2. The Balaban J connectivity index is 2.07. The Kier molecular flexibility index (Phi) is 5.05. The highest BCUT2D eigenvalue weighted by Gasteiger charge is 2.05. The molecular weight excluding hydrogens is 291 g/mol. The van der Waals surface area contributed by atoms with Crippen LogP contribution in [0.3, 0.4) is 0 Å². The molecule has 0 saturated carbocycles. The van der Waals surface area contributed by atoms with Gasteiger partial charge in [-0.1, -0.05) is 12.1 Å². The van der Waals surface area contributed by atoms with Crippen molar-refractivity contribution in [2.45, 2.75) is 11.4 Å². The Morgan fingerprint density at radius 3 is 2.76 bits per heavy atom. The quantitative estimate of drug-likeness (QED) is 0.717. The lowest BCUT2D eigenvalue weighted by Gasteiger charge is -2.11. The number of amides is 1. The summed E-state index contributed by atoms with van der Waals surface area (Å²) < 4.78 is 13.2. The van der Waals surface area contributed by atoms with Gasteiger partial charge in [-0.05, 0) is 29.8 Å². The van der Waals surface area contributed by atoms with E-state index in [4.69, 9.17) is 5.73 Å². The molecule has 0 atom stereocenters. The topological polar surface area (TPSA) is 75.4 Å². The van der Waals surface area contributed by atoms with Gasteiger partial charge in [-0.2, -0.15) is 0 Å². The maximum Gasteiger partial charge on any atom is 0.227 e. The fourth-order valence-corrected chi connectivity index (χ4v) is 2.59. The number of nitrogens with two attached hydrogens (primary N) is 1. The van der Waals surface area contributed by atoms with Gasteiger partial charge in [-0.15, -0.1) is 11.8 Å². The van der Waals surface area contributed by atoms with Crippen molar-refractivity contribution in [1.29, 1.82) is 0 Å². The lowest BCUT2D eigenvalue weighted by Crippen LogP contribution is -2.13. The Hall–Kier alpha value is -2.21. The van der Waals surface area contributed by atoms with Crippen LogP contribution in [0.4, 0.5) is 10.1 Å². The number of nitrogens with one attached hydrogen (secondary N) is 1. The van der Waals surface area contributed by atoms with Crippen LogP contribution in [0.15, 0.2) is 47.4 Å². The predicted molar refractivity (Wildman–Crippen MR) is 81.8 cm³/mol. The molecule has 0 spiro atoms. The third-order valence-corrected chi connectivity index (χ3v) is 3.78. The Labute approximate surface area is 126 Å². The largest absolute Gasteiger partial charge is 0.508 e. The summed E-state index contributed by atoms with van der Waals surface area (Å²) in [5, 5.41) is 12.5. The number of primary amides is 1. The van der Waals surface area contributed by atoms with E-state index in [1.165, 1.54) is 23.9 Å². The zero-order chi connectivity index (χ0) is 15.2. The molecule has 0 aliphatic rings. The van der Waals surface area contributed by atoms with Crippen molar-refractivity contribution in [3.8, 4) is 5.75 Å². The number of carbonyl (C=O) groups excluding carboxylic acids is 1. The number of phenolic OH excluding ortho intramolecular Hbond substituents is 1. The van der Waals surface area contributed by atoms with Gasteiger partial charge in [-0.25, -0.2) is 4.39 Å². The first-order valence-electron chi connectivity index (χ1n) is 6.27. The number of aromatic hydroxyl groups is 1. The van der Waals surface area contributed by atoms with Crippen LogP contribution >= 0.6 is 11.8 Å². The fourth-order valence-electron chi connectivity index (χ4n) is 1.82. The van der Waals surface area contributed by atoms with Crippen LogP contribution in [-0.4, -0.2) is 16.8 Å². The summed E-state index contributed by atoms with van der Waals surface area (Å²) in [6.45, 7) is 0.361. The van der Waals surface area contributed by atoms with E-state index < -0.39 is 5.82 Å². The highest BCUT2D eigenvalue weighted by molar-refractivity contribution is 8.00. The minimum absolute atomic E-state index is 0.108. The van der Waals surface area contributed by atoms with Crippen molar-refractivity contribution in [2.24, 2.45) is 5.73 Å². The Bertz CT molecular complexity index is 629. The molecule has 0 aliphatic heterocycles. The Morgan fingerprint density at radius 1 is 1.29 bits per heavy atom. The van der Waals surface area contributed by atoms with Gasteiger partial charge >= 0.3 is 0 Å². The summed E-state index contributed by atoms with van der Waals surface area (Å²) in [6.07, 6.45) is 0. The highest BCUT2D eigenvalue weighted by Crippen LogP contribution is 2.27. The maximum atomic E-state index is 13.2. The van der Waals surface area contributed by atoms with E-state index in [0.29, 0.717) is 12.1 Å². The average Bonchev–Trinajstić information content (AvgIpc) is 2.42. The molecule has 6 heteroatoms. The summed E-state index contributed by atoms with van der Waals surface area (Å²) in [6, 6.07) is 11.4. The molecule has 0 fully saturated rings. The molecule has 0 unspecified atom stereocenters. The van der Waals surface area contributed by atoms with E-state index in [1.807, 2.05) is 24.3 Å². The van der Waals surface area contributed by atoms with E-state index in [0.717, 1.165) is 16.6 Å². The molecule has 2 rings (SSSR count). The van der Waals surface area contributed by atoms with Crippen LogP contribution in [0.5, 0.6) is 5.75 Å². The predicted octanol–water partition coefficient (Wildman–Crippen LogP) is 2.72. The van der Waals surface area contributed by atoms with Crippen molar-refractivity contribution in [1.82, 2.24) is 0 Å². The van der Waals surface area contributed by atoms with Crippen LogP contribution in [-0.2, 0) is 11.3 Å². The van der Waals surface area contributed by atoms with E-state index >= 15 is 0 Å². The standard InChI is InChI=1S/C15H15FN2O2S/c16-11-5-10(6-12(19)7-11)8-18-13-3-1-2-4-14(13)21-9-15(17)20/h1-7,18-19H,8-9H2,(H2,17,20). The van der Waals surface area contributed by atoms with Crippen molar-refractivity contribution in [3.63, 3.8) is 0 Å². The average molecular weight is 306 g/mol. The summed E-state index contributed by atoms with van der Waals surface area (Å²) in [4.78, 5) is 11.7. The van der Waals surface area contributed by atoms with Gasteiger partial charge in [0.1, 0.15) is 11.6 Å². The minimum Gasteiger partial charge on any atom is -0.508 e. The number of phenols is 1. The smallest absolute Gasteiger partial charge is 0.227 e. The second-order valence-corrected chi connectivity index (χ2v) is 5.44. The SMILES string of the molecule is NC(=O)CSc1ccccc1NCc1cc(O)cc(F)c1. The van der Waals surface area contributed by atoms with Gasteiger partial charge in [0.05, 0.1) is 5.75 Å². The van der Waals surface area contributed by atoms with E-state index in [9.17, 15) is 14.3 Å². The number of hydrogen-bond acceptors (Lipinski definition) is 4. The number of carbonyl (C=O) groups is 1. The molecule has 2 aromatic rings. The Morgan fingerprint density at radius 2 is 2.05 bits per heavy atom. The van der Waals surface area contributed by atoms with Gasteiger partial charge in [-0.3, -0.25) is 4.79 Å². The summed E-state index contributed by atoms with van der Waals surface area (Å²) in [5.74, 6) is -0.782. The molecule has 4 N–H and O–H groups in total. The monoisotopic (exact) mass is 306 g/mol. The molecule has 110 valence electrons. The third kappa shape index (κ3) is 4.68. The number of benzene rings is 2. The zero-order valence-corrected chi connectivity index (χ0v) is 12.0. The maximum absolute atomic E-state index is 13.2. The molecule has 0 radical (unpaired) electrons. The molecule has 0 aliphatic carbocycles. The number of rotatable bonds is 6. The summed E-state index contributed by atoms with van der Waals surface area (Å²) in [7, 11) is 0. The number of para-hydroxylation sites is 1. The number of anilines is 1. The second-order valence-electron chi connectivity index (χ2n) is 4.42. The van der Waals surface area contributed by atoms with E-state index in [-0.39, 0.29) is 17.4 Å². The lowest BCUT2D eigenvalue weighted by molar-refractivity contribution is -0.115. The van der Waals surface area contributed by atoms with Crippen LogP contribution in [0.1, 0.15) is 5.56 Å². The fraction of sp³-hybridized carbons (Fsp3) is 0.133. The normalized spacial score (nSPS) is 10.3. The van der Waals surface area contributed by atoms with Gasteiger partial charge < -0.3 is 16.2 Å². The van der Waals surface area contributed by atoms with Crippen molar-refractivity contribution in [3.05, 3.63) is 53.8 Å². The van der Waals surface area contributed by atoms with Gasteiger partial charge in [0.25, 0.3) is 0 Å². The molecule has 2 aromatic carbocycles. The second kappa shape index (κ2) is 6.99. The van der Waals surface area contributed by atoms with E-state index in [2.05, 4.69) is 5.32 Å². The minimum atomic E-state index is -0.483. The van der Waals surface area contributed by atoms with Gasteiger partial charge in [0.2, 0.25) is 5.91 Å². The van der Waals surface area contributed by atoms with Gasteiger partial charge in [0.15, 0.2) is 0 Å². The van der Waals surface area contributed by atoms with Crippen LogP contribution in [0.2, 0.25) is 0 Å². The zero-order valence-electron chi connectivity index (χ0n) is 11.2. The van der Waals surface area contributed by atoms with Crippen molar-refractivity contribution < 1.29 is 14.3 Å². The number of hydrogen-bond donors (Lipinski definition) is 3. The van der Waals surface area contributed by atoms with E-state index in [1.54, 1.807) is 0 Å². The van der Waals surface area contributed by atoms with Crippen molar-refractivity contribution >= 4 is 23.4 Å². The molecule has 1 amide bonds. The first-order valence-corrected chi connectivity index (χ1v) is 7.25. The first-order chi connectivity index (χ1) is 10.0. The molecule has 0 aromatic heterocycles. The highest BCUT2D eigenvalue weighted by atomic mass is 32.2. The molecule has 4 nitrogen and oxygen atoms in total. The number of halogens is 1. The van der Waals surface area contributed by atoms with Crippen LogP contribution < -0.4 is 11.1 Å². The lowest BCUT2D eigenvalue weighted by atomic mass is 10.2. The summed E-state index contributed by atoms with van der Waals surface area (Å²) in [5.41, 5.74) is 6.59. The van der Waals surface area contributed by atoms with Crippen LogP contribution in [0, 0.1) is 5.82 Å². The summed E-state index contributed by atoms with van der Waals surface area (Å²) >= 11 is 1.34. The third-order valence-electron chi connectivity index (χ3n) is 2.68. The molecule has 0 heterocycles. The number of thioether (sulfide) groups is 1. The molecule has 21 heavy (non-hydrogen) atoms. The van der Waals surface area contributed by atoms with Crippen LogP contribution in [0.25, 0.3) is 0 Å². The molecular formula is C15H15FN2O2S. The van der Waals surface area contributed by atoms with Crippen molar-refractivity contribution in [2.75, 3.05) is 11.1 Å². The molecule has 0 bridgehead atoms.